The maximum atomic E-state index is 4.60. The lowest BCUT2D eigenvalue weighted by molar-refractivity contribution is 0.290. The van der Waals surface area contributed by atoms with Gasteiger partial charge in [0.25, 0.3) is 0 Å². The van der Waals surface area contributed by atoms with E-state index in [1.807, 2.05) is 0 Å². The summed E-state index contributed by atoms with van der Waals surface area (Å²) in [6.07, 6.45) is 3.51. The third-order valence-electron chi connectivity index (χ3n) is 4.21. The monoisotopic (exact) mass is 294 g/mol. The predicted octanol–water partition coefficient (Wildman–Crippen LogP) is 3.07. The first-order valence-corrected chi connectivity index (χ1v) is 8.65. The zero-order valence-corrected chi connectivity index (χ0v) is 14.7. The molecule has 0 aromatic carbocycles. The van der Waals surface area contributed by atoms with E-state index in [2.05, 4.69) is 60.7 Å². The molecule has 1 heterocycles. The molecule has 1 aromatic rings. The van der Waals surface area contributed by atoms with E-state index < -0.39 is 0 Å². The van der Waals surface area contributed by atoms with Crippen LogP contribution in [0.5, 0.6) is 0 Å². The van der Waals surface area contributed by atoms with Crippen LogP contribution in [-0.2, 0) is 19.5 Å². The minimum atomic E-state index is 0.561. The highest BCUT2D eigenvalue weighted by molar-refractivity contribution is 5.10. The lowest BCUT2D eigenvalue weighted by Gasteiger charge is -2.19. The second-order valence-corrected chi connectivity index (χ2v) is 5.75. The van der Waals surface area contributed by atoms with Gasteiger partial charge in [0.2, 0.25) is 0 Å². The van der Waals surface area contributed by atoms with Crippen molar-refractivity contribution < 1.29 is 0 Å². The van der Waals surface area contributed by atoms with Gasteiger partial charge in [-0.25, -0.2) is 0 Å². The van der Waals surface area contributed by atoms with Crippen molar-refractivity contribution in [2.24, 2.45) is 0 Å². The summed E-state index contributed by atoms with van der Waals surface area (Å²) in [5.41, 5.74) is 2.51. The molecule has 1 atom stereocenters. The molecule has 1 aromatic heterocycles. The van der Waals surface area contributed by atoms with Gasteiger partial charge in [-0.3, -0.25) is 4.68 Å². The van der Waals surface area contributed by atoms with Crippen LogP contribution >= 0.6 is 0 Å². The van der Waals surface area contributed by atoms with E-state index in [1.54, 1.807) is 0 Å². The van der Waals surface area contributed by atoms with Crippen LogP contribution in [0.1, 0.15) is 58.8 Å². The third-order valence-corrected chi connectivity index (χ3v) is 4.21. The Bertz CT molecular complexity index is 382. The van der Waals surface area contributed by atoms with E-state index in [0.717, 1.165) is 32.6 Å². The lowest BCUT2D eigenvalue weighted by Crippen LogP contribution is -2.29. The van der Waals surface area contributed by atoms with Crippen LogP contribution < -0.4 is 5.32 Å². The first kappa shape index (κ1) is 18.2. The van der Waals surface area contributed by atoms with Gasteiger partial charge in [0.15, 0.2) is 0 Å². The molecule has 21 heavy (non-hydrogen) atoms. The van der Waals surface area contributed by atoms with Gasteiger partial charge in [-0.15, -0.1) is 0 Å². The Kier molecular flexibility index (Phi) is 8.62. The van der Waals surface area contributed by atoms with Crippen molar-refractivity contribution in [1.82, 2.24) is 20.0 Å². The topological polar surface area (TPSA) is 33.1 Å². The molecule has 0 saturated heterocycles. The highest BCUT2D eigenvalue weighted by Crippen LogP contribution is 2.07. The Balaban J connectivity index is 2.32. The fourth-order valence-corrected chi connectivity index (χ4v) is 2.65. The van der Waals surface area contributed by atoms with Gasteiger partial charge in [0, 0.05) is 19.1 Å². The summed E-state index contributed by atoms with van der Waals surface area (Å²) in [6.45, 7) is 16.5. The molecule has 122 valence electrons. The predicted molar refractivity (Wildman–Crippen MR) is 90.6 cm³/mol. The molecular weight excluding hydrogens is 260 g/mol. The molecular formula is C17H34N4. The number of nitrogens with one attached hydrogen (secondary N) is 1. The summed E-state index contributed by atoms with van der Waals surface area (Å²) in [6, 6.07) is 2.80. The number of rotatable bonds is 11. The second-order valence-electron chi connectivity index (χ2n) is 5.75. The van der Waals surface area contributed by atoms with Crippen molar-refractivity contribution in [3.63, 3.8) is 0 Å². The highest BCUT2D eigenvalue weighted by atomic mass is 15.3. The minimum absolute atomic E-state index is 0.561. The van der Waals surface area contributed by atoms with E-state index in [-0.39, 0.29) is 0 Å². The molecule has 4 heteroatoms. The molecule has 0 fully saturated rings. The Morgan fingerprint density at radius 1 is 1.24 bits per heavy atom. The number of hydrogen-bond acceptors (Lipinski definition) is 3. The Hall–Kier alpha value is -0.870. The van der Waals surface area contributed by atoms with Crippen molar-refractivity contribution in [3.8, 4) is 0 Å². The van der Waals surface area contributed by atoms with Crippen LogP contribution in [0.3, 0.4) is 0 Å². The summed E-state index contributed by atoms with van der Waals surface area (Å²) < 4.78 is 2.12. The molecule has 0 radical (unpaired) electrons. The molecule has 0 aliphatic carbocycles. The van der Waals surface area contributed by atoms with Gasteiger partial charge in [0.05, 0.1) is 11.4 Å². The number of nitrogens with zero attached hydrogens (tertiary/aromatic N) is 3. The van der Waals surface area contributed by atoms with Crippen molar-refractivity contribution in [2.45, 2.75) is 73.0 Å². The van der Waals surface area contributed by atoms with Gasteiger partial charge >= 0.3 is 0 Å². The van der Waals surface area contributed by atoms with E-state index in [9.17, 15) is 0 Å². The average Bonchev–Trinajstić information content (AvgIpc) is 2.92. The van der Waals surface area contributed by atoms with Gasteiger partial charge in [0.1, 0.15) is 0 Å². The number of hydrogen-bond donors (Lipinski definition) is 1. The van der Waals surface area contributed by atoms with Crippen molar-refractivity contribution in [3.05, 3.63) is 17.5 Å². The van der Waals surface area contributed by atoms with Crippen LogP contribution in [-0.4, -0.2) is 40.4 Å². The molecule has 4 nitrogen and oxygen atoms in total. The van der Waals surface area contributed by atoms with Crippen LogP contribution in [0, 0.1) is 0 Å². The molecule has 0 aliphatic heterocycles. The molecule has 1 rings (SSSR count). The Morgan fingerprint density at radius 3 is 2.52 bits per heavy atom. The van der Waals surface area contributed by atoms with Gasteiger partial charge in [-0.05, 0) is 58.8 Å². The summed E-state index contributed by atoms with van der Waals surface area (Å²) in [5.74, 6) is 0. The summed E-state index contributed by atoms with van der Waals surface area (Å²) >= 11 is 0. The molecule has 1 N–H and O–H groups in total. The average molecular weight is 294 g/mol. The van der Waals surface area contributed by atoms with E-state index in [1.165, 1.54) is 30.8 Å². The quantitative estimate of drug-likeness (QED) is 0.681. The molecule has 0 aliphatic rings. The second kappa shape index (κ2) is 9.96. The van der Waals surface area contributed by atoms with Gasteiger partial charge < -0.3 is 10.2 Å². The molecule has 0 spiro atoms. The maximum absolute atomic E-state index is 4.60. The van der Waals surface area contributed by atoms with Crippen LogP contribution in [0.15, 0.2) is 6.07 Å². The van der Waals surface area contributed by atoms with Crippen molar-refractivity contribution in [1.29, 1.82) is 0 Å². The normalized spacial score (nSPS) is 13.0. The van der Waals surface area contributed by atoms with Crippen LogP contribution in [0.25, 0.3) is 0 Å². The highest BCUT2D eigenvalue weighted by Gasteiger charge is 2.08. The van der Waals surface area contributed by atoms with Crippen molar-refractivity contribution >= 4 is 0 Å². The SMILES string of the molecule is CCc1cc(CNC(C)CCCN(CC)CC)n(CC)n1. The maximum Gasteiger partial charge on any atom is 0.0625 e. The summed E-state index contributed by atoms with van der Waals surface area (Å²) in [7, 11) is 0. The van der Waals surface area contributed by atoms with Gasteiger partial charge in [-0.2, -0.15) is 5.10 Å². The number of aromatic nitrogens is 2. The van der Waals surface area contributed by atoms with Crippen LogP contribution in [0.4, 0.5) is 0 Å². The molecule has 0 bridgehead atoms. The molecule has 1 unspecified atom stereocenters. The summed E-state index contributed by atoms with van der Waals surface area (Å²) in [4.78, 5) is 2.49. The van der Waals surface area contributed by atoms with E-state index in [4.69, 9.17) is 0 Å². The Morgan fingerprint density at radius 2 is 1.95 bits per heavy atom. The zero-order valence-electron chi connectivity index (χ0n) is 14.7. The van der Waals surface area contributed by atoms with Crippen molar-refractivity contribution in [2.75, 3.05) is 19.6 Å². The lowest BCUT2D eigenvalue weighted by atomic mass is 10.1. The fourth-order valence-electron chi connectivity index (χ4n) is 2.65. The Labute approximate surface area is 130 Å². The largest absolute Gasteiger partial charge is 0.309 e. The fraction of sp³-hybridized carbons (Fsp3) is 0.824. The smallest absolute Gasteiger partial charge is 0.0625 e. The molecule has 0 saturated carbocycles. The van der Waals surface area contributed by atoms with Crippen LogP contribution in [0.2, 0.25) is 0 Å². The minimum Gasteiger partial charge on any atom is -0.309 e. The number of aryl methyl sites for hydroxylation is 2. The van der Waals surface area contributed by atoms with Gasteiger partial charge in [-0.1, -0.05) is 20.8 Å². The van der Waals surface area contributed by atoms with E-state index in [0.29, 0.717) is 6.04 Å². The van der Waals surface area contributed by atoms with E-state index >= 15 is 0 Å². The standard InChI is InChI=1S/C17H34N4/c1-6-16-13-17(21(9-4)19-16)14-18-15(5)11-10-12-20(7-2)8-3/h13,15,18H,6-12,14H2,1-5H3. The first-order valence-electron chi connectivity index (χ1n) is 8.65. The zero-order chi connectivity index (χ0) is 15.7. The third kappa shape index (κ3) is 6.18. The first-order chi connectivity index (χ1) is 10.1. The summed E-state index contributed by atoms with van der Waals surface area (Å²) in [5, 5.41) is 8.24. The molecule has 0 amide bonds.